The summed E-state index contributed by atoms with van der Waals surface area (Å²) in [7, 11) is 1.64. The molecular weight excluding hydrogens is 428 g/mol. The first kappa shape index (κ1) is 24.0. The highest BCUT2D eigenvalue weighted by molar-refractivity contribution is 5.75. The molecule has 1 aromatic heterocycles. The molecule has 1 N–H and O–H groups in total. The number of methoxy groups -OCH3 is 1. The Morgan fingerprint density at radius 1 is 1.06 bits per heavy atom. The normalized spacial score (nSPS) is 20.7. The lowest BCUT2D eigenvalue weighted by atomic mass is 9.81. The summed E-state index contributed by atoms with van der Waals surface area (Å²) in [6.45, 7) is 7.62. The zero-order valence-corrected chi connectivity index (χ0v) is 20.7. The van der Waals surface area contributed by atoms with Crippen molar-refractivity contribution in [2.75, 3.05) is 7.11 Å². The Balaban J connectivity index is 1.63. The molecule has 1 fully saturated rings. The van der Waals surface area contributed by atoms with Gasteiger partial charge in [-0.25, -0.2) is 4.68 Å². The van der Waals surface area contributed by atoms with E-state index in [1.54, 1.807) is 7.11 Å². The number of benzene rings is 2. The van der Waals surface area contributed by atoms with E-state index >= 15 is 0 Å². The first-order chi connectivity index (χ1) is 16.1. The molecule has 0 aliphatic heterocycles. The van der Waals surface area contributed by atoms with E-state index in [1.807, 2.05) is 55.8 Å². The highest BCUT2D eigenvalue weighted by Gasteiger charge is 2.39. The van der Waals surface area contributed by atoms with Gasteiger partial charge in [0.25, 0.3) is 0 Å². The molecule has 34 heavy (non-hydrogen) atoms. The van der Waals surface area contributed by atoms with Gasteiger partial charge in [-0.2, -0.15) is 5.10 Å². The Kier molecular flexibility index (Phi) is 6.54. The Labute approximate surface area is 201 Å². The number of hydrogen-bond donors (Lipinski definition) is 1. The molecule has 2 aromatic carbocycles. The molecule has 0 radical (unpaired) electrons. The average molecular weight is 463 g/mol. The molecule has 1 heterocycles. The van der Waals surface area contributed by atoms with Crippen LogP contribution in [0.2, 0.25) is 0 Å². The number of rotatable bonds is 5. The van der Waals surface area contributed by atoms with Crippen LogP contribution in [0.4, 0.5) is 0 Å². The summed E-state index contributed by atoms with van der Waals surface area (Å²) in [5, 5.41) is 16.4. The van der Waals surface area contributed by atoms with E-state index in [-0.39, 0.29) is 12.1 Å². The second-order valence-electron chi connectivity index (χ2n) is 10.3. The maximum atomic E-state index is 12.3. The SMILES string of the molecule is COc1ccc(-n2nc(C3(O)CCC(OC(=O)C(C)(C)C)CC3)cc2-c2ccc(C)cc2)cc1. The molecule has 1 aliphatic rings. The first-order valence-electron chi connectivity index (χ1n) is 11.8. The third kappa shape index (κ3) is 5.02. The standard InChI is InChI=1S/C28H34N2O4/c1-19-6-8-20(9-7-19)24-18-25(29-30(24)21-10-12-22(33-5)13-11-21)28(32)16-14-23(15-17-28)34-26(31)27(2,3)4/h6-13,18,23,32H,14-17H2,1-5H3. The molecule has 0 amide bonds. The van der Waals surface area contributed by atoms with Gasteiger partial charge in [0.1, 0.15) is 17.5 Å². The van der Waals surface area contributed by atoms with Gasteiger partial charge in [-0.1, -0.05) is 29.8 Å². The maximum absolute atomic E-state index is 12.3. The van der Waals surface area contributed by atoms with Crippen LogP contribution in [0.3, 0.4) is 0 Å². The zero-order valence-electron chi connectivity index (χ0n) is 20.7. The van der Waals surface area contributed by atoms with Crippen molar-refractivity contribution in [2.45, 2.75) is 65.1 Å². The van der Waals surface area contributed by atoms with Gasteiger partial charge in [-0.15, -0.1) is 0 Å². The lowest BCUT2D eigenvalue weighted by Gasteiger charge is -2.35. The van der Waals surface area contributed by atoms with Crippen LogP contribution in [0.15, 0.2) is 54.6 Å². The van der Waals surface area contributed by atoms with Crippen LogP contribution < -0.4 is 4.74 Å². The molecule has 6 heteroatoms. The van der Waals surface area contributed by atoms with Gasteiger partial charge in [0.05, 0.1) is 29.6 Å². The quantitative estimate of drug-likeness (QED) is 0.502. The number of esters is 1. The summed E-state index contributed by atoms with van der Waals surface area (Å²) in [6, 6.07) is 18.0. The number of aromatic nitrogens is 2. The molecule has 6 nitrogen and oxygen atoms in total. The molecule has 180 valence electrons. The third-order valence-electron chi connectivity index (χ3n) is 6.50. The fraction of sp³-hybridized carbons (Fsp3) is 0.429. The number of carbonyl (C=O) groups excluding carboxylic acids is 1. The number of aryl methyl sites for hydroxylation is 1. The molecule has 1 aliphatic carbocycles. The monoisotopic (exact) mass is 462 g/mol. The molecular formula is C28H34N2O4. The van der Waals surface area contributed by atoms with E-state index in [4.69, 9.17) is 14.6 Å². The summed E-state index contributed by atoms with van der Waals surface area (Å²) in [5.41, 5.74) is 3.04. The molecule has 0 spiro atoms. The first-order valence-corrected chi connectivity index (χ1v) is 11.8. The fourth-order valence-corrected chi connectivity index (χ4v) is 4.23. The largest absolute Gasteiger partial charge is 0.497 e. The molecule has 0 bridgehead atoms. The van der Waals surface area contributed by atoms with Gasteiger partial charge in [-0.05, 0) is 83.7 Å². The van der Waals surface area contributed by atoms with Crippen LogP contribution in [0, 0.1) is 12.3 Å². The summed E-state index contributed by atoms with van der Waals surface area (Å²) in [6.07, 6.45) is 2.01. The van der Waals surface area contributed by atoms with E-state index < -0.39 is 11.0 Å². The van der Waals surface area contributed by atoms with E-state index in [1.165, 1.54) is 5.56 Å². The second kappa shape index (κ2) is 9.26. The summed E-state index contributed by atoms with van der Waals surface area (Å²) in [5.74, 6) is 0.572. The van der Waals surface area contributed by atoms with Crippen molar-refractivity contribution in [3.05, 3.63) is 65.9 Å². The summed E-state index contributed by atoms with van der Waals surface area (Å²) < 4.78 is 12.9. The van der Waals surface area contributed by atoms with Crippen molar-refractivity contribution < 1.29 is 19.4 Å². The van der Waals surface area contributed by atoms with Crippen molar-refractivity contribution in [1.29, 1.82) is 0 Å². The number of nitrogens with zero attached hydrogens (tertiary/aromatic N) is 2. The molecule has 0 unspecified atom stereocenters. The van der Waals surface area contributed by atoms with Crippen molar-refractivity contribution in [2.24, 2.45) is 5.41 Å². The molecule has 4 rings (SSSR count). The van der Waals surface area contributed by atoms with Crippen molar-refractivity contribution in [3.8, 4) is 22.7 Å². The maximum Gasteiger partial charge on any atom is 0.311 e. The third-order valence-corrected chi connectivity index (χ3v) is 6.50. The molecule has 0 atom stereocenters. The van der Waals surface area contributed by atoms with Crippen molar-refractivity contribution in [1.82, 2.24) is 9.78 Å². The Morgan fingerprint density at radius 3 is 2.24 bits per heavy atom. The highest BCUT2D eigenvalue weighted by atomic mass is 16.5. The smallest absolute Gasteiger partial charge is 0.311 e. The van der Waals surface area contributed by atoms with E-state index in [0.717, 1.165) is 22.7 Å². The van der Waals surface area contributed by atoms with Crippen LogP contribution >= 0.6 is 0 Å². The van der Waals surface area contributed by atoms with Crippen molar-refractivity contribution in [3.63, 3.8) is 0 Å². The number of carbonyl (C=O) groups is 1. The van der Waals surface area contributed by atoms with E-state index in [2.05, 4.69) is 31.2 Å². The van der Waals surface area contributed by atoms with Gasteiger partial charge >= 0.3 is 5.97 Å². The minimum absolute atomic E-state index is 0.174. The number of ether oxygens (including phenoxy) is 2. The fourth-order valence-electron chi connectivity index (χ4n) is 4.23. The lowest BCUT2D eigenvalue weighted by Crippen LogP contribution is -2.37. The number of aliphatic hydroxyl groups is 1. The van der Waals surface area contributed by atoms with Gasteiger partial charge in [-0.3, -0.25) is 4.79 Å². The lowest BCUT2D eigenvalue weighted by molar-refractivity contribution is -0.163. The van der Waals surface area contributed by atoms with Gasteiger partial charge in [0.2, 0.25) is 0 Å². The second-order valence-corrected chi connectivity index (χ2v) is 10.3. The minimum Gasteiger partial charge on any atom is -0.497 e. The predicted octanol–water partition coefficient (Wildman–Crippen LogP) is 5.58. The highest BCUT2D eigenvalue weighted by Crippen LogP contribution is 2.40. The Bertz CT molecular complexity index is 1130. The number of hydrogen-bond acceptors (Lipinski definition) is 5. The van der Waals surface area contributed by atoms with Gasteiger partial charge in [0.15, 0.2) is 0 Å². The van der Waals surface area contributed by atoms with Crippen LogP contribution in [0.1, 0.15) is 57.7 Å². The van der Waals surface area contributed by atoms with Crippen LogP contribution in [0.5, 0.6) is 5.75 Å². The summed E-state index contributed by atoms with van der Waals surface area (Å²) in [4.78, 5) is 12.3. The van der Waals surface area contributed by atoms with Crippen LogP contribution in [0.25, 0.3) is 16.9 Å². The molecule has 3 aromatic rings. The van der Waals surface area contributed by atoms with Crippen LogP contribution in [-0.2, 0) is 15.1 Å². The molecule has 1 saturated carbocycles. The Morgan fingerprint density at radius 2 is 1.68 bits per heavy atom. The Hall–Kier alpha value is -3.12. The van der Waals surface area contributed by atoms with Crippen molar-refractivity contribution >= 4 is 5.97 Å². The van der Waals surface area contributed by atoms with E-state index in [0.29, 0.717) is 31.4 Å². The zero-order chi connectivity index (χ0) is 24.5. The van der Waals surface area contributed by atoms with Crippen LogP contribution in [-0.4, -0.2) is 34.1 Å². The molecule has 0 saturated heterocycles. The average Bonchev–Trinajstić information content (AvgIpc) is 3.27. The minimum atomic E-state index is -1.07. The van der Waals surface area contributed by atoms with Gasteiger partial charge in [0, 0.05) is 5.56 Å². The topological polar surface area (TPSA) is 73.6 Å². The summed E-state index contributed by atoms with van der Waals surface area (Å²) >= 11 is 0. The van der Waals surface area contributed by atoms with Gasteiger partial charge < -0.3 is 14.6 Å². The van der Waals surface area contributed by atoms with E-state index in [9.17, 15) is 9.90 Å². The predicted molar refractivity (Wildman–Crippen MR) is 132 cm³/mol.